The van der Waals surface area contributed by atoms with Crippen molar-refractivity contribution in [1.82, 2.24) is 9.97 Å². The summed E-state index contributed by atoms with van der Waals surface area (Å²) in [4.78, 5) is 7.90. The molecule has 1 heterocycles. The van der Waals surface area contributed by atoms with Crippen molar-refractivity contribution in [1.29, 1.82) is 0 Å². The average molecular weight is 177 g/mol. The summed E-state index contributed by atoms with van der Waals surface area (Å²) in [5.74, 6) is 1.03. The average Bonchev–Trinajstić information content (AvgIpc) is 1.85. The minimum atomic E-state index is 0.378. The van der Waals surface area contributed by atoms with E-state index >= 15 is 0 Å². The van der Waals surface area contributed by atoms with Crippen LogP contribution in [-0.4, -0.2) is 9.97 Å². The van der Waals surface area contributed by atoms with Crippen LogP contribution in [0, 0.1) is 6.92 Å². The zero-order chi connectivity index (χ0) is 7.56. The monoisotopic (exact) mass is 176 g/mol. The lowest BCUT2D eigenvalue weighted by molar-refractivity contribution is 1.00. The van der Waals surface area contributed by atoms with E-state index in [1.165, 1.54) is 0 Å². The summed E-state index contributed by atoms with van der Waals surface area (Å²) in [5, 5.41) is 0.447. The summed E-state index contributed by atoms with van der Waals surface area (Å²) in [6.07, 6.45) is 0. The van der Waals surface area contributed by atoms with Crippen LogP contribution in [0.3, 0.4) is 0 Å². The molecule has 1 aromatic rings. The van der Waals surface area contributed by atoms with E-state index in [2.05, 4.69) is 9.97 Å². The number of hydrogen-bond acceptors (Lipinski definition) is 2. The Bertz CT molecular complexity index is 217. The minimum Gasteiger partial charge on any atom is -0.237 e. The maximum Gasteiger partial charge on any atom is 0.133 e. The van der Waals surface area contributed by atoms with E-state index in [9.17, 15) is 0 Å². The Kier molecular flexibility index (Phi) is 2.46. The van der Waals surface area contributed by atoms with Gasteiger partial charge in [0, 0.05) is 0 Å². The molecule has 54 valence electrons. The quantitative estimate of drug-likeness (QED) is 0.485. The molecule has 0 radical (unpaired) electrons. The highest BCUT2D eigenvalue weighted by Crippen LogP contribution is 2.08. The topological polar surface area (TPSA) is 25.8 Å². The summed E-state index contributed by atoms with van der Waals surface area (Å²) < 4.78 is 0. The molecular formula is C6H6Cl2N2. The smallest absolute Gasteiger partial charge is 0.133 e. The van der Waals surface area contributed by atoms with Crippen LogP contribution in [0.25, 0.3) is 0 Å². The second-order valence-electron chi connectivity index (χ2n) is 1.86. The third-order valence-electron chi connectivity index (χ3n) is 0.997. The highest BCUT2D eigenvalue weighted by Gasteiger charge is 1.96. The molecule has 0 spiro atoms. The molecule has 1 aromatic heterocycles. The lowest BCUT2D eigenvalue weighted by Gasteiger charge is -1.96. The van der Waals surface area contributed by atoms with Crippen molar-refractivity contribution >= 4 is 23.2 Å². The van der Waals surface area contributed by atoms with E-state index in [1.54, 1.807) is 13.0 Å². The largest absolute Gasteiger partial charge is 0.237 e. The second-order valence-corrected chi connectivity index (χ2v) is 2.52. The summed E-state index contributed by atoms with van der Waals surface area (Å²) in [6.45, 7) is 1.78. The van der Waals surface area contributed by atoms with Crippen LogP contribution in [0.1, 0.15) is 11.5 Å². The van der Waals surface area contributed by atoms with Gasteiger partial charge in [-0.15, -0.1) is 11.6 Å². The number of nitrogens with zero attached hydrogens (tertiary/aromatic N) is 2. The Balaban J connectivity index is 3.06. The molecule has 0 bridgehead atoms. The van der Waals surface area contributed by atoms with Gasteiger partial charge in [-0.05, 0) is 13.0 Å². The Morgan fingerprint density at radius 3 is 2.70 bits per heavy atom. The van der Waals surface area contributed by atoms with E-state index in [0.717, 1.165) is 5.69 Å². The SMILES string of the molecule is Cc1nc(Cl)cc(CCl)n1. The van der Waals surface area contributed by atoms with Gasteiger partial charge in [-0.3, -0.25) is 0 Å². The molecule has 2 nitrogen and oxygen atoms in total. The molecule has 1 rings (SSSR count). The van der Waals surface area contributed by atoms with Crippen molar-refractivity contribution in [3.05, 3.63) is 22.7 Å². The standard InChI is InChI=1S/C6H6Cl2N2/c1-4-9-5(3-7)2-6(8)10-4/h2H,3H2,1H3. The maximum atomic E-state index is 5.62. The van der Waals surface area contributed by atoms with Crippen LogP contribution in [0.5, 0.6) is 0 Å². The van der Waals surface area contributed by atoms with Gasteiger partial charge in [0.2, 0.25) is 0 Å². The van der Waals surface area contributed by atoms with Gasteiger partial charge in [-0.1, -0.05) is 11.6 Å². The third-order valence-corrected chi connectivity index (χ3v) is 1.46. The van der Waals surface area contributed by atoms with Gasteiger partial charge >= 0.3 is 0 Å². The Labute approximate surface area is 69.2 Å². The lowest BCUT2D eigenvalue weighted by Crippen LogP contribution is -1.92. The molecule has 10 heavy (non-hydrogen) atoms. The van der Waals surface area contributed by atoms with Crippen LogP contribution < -0.4 is 0 Å². The zero-order valence-electron chi connectivity index (χ0n) is 5.43. The number of aromatic nitrogens is 2. The van der Waals surface area contributed by atoms with E-state index in [-0.39, 0.29) is 0 Å². The van der Waals surface area contributed by atoms with Crippen molar-refractivity contribution in [3.8, 4) is 0 Å². The van der Waals surface area contributed by atoms with Crippen molar-refractivity contribution in [2.24, 2.45) is 0 Å². The van der Waals surface area contributed by atoms with Gasteiger partial charge in [0.25, 0.3) is 0 Å². The van der Waals surface area contributed by atoms with Gasteiger partial charge in [-0.25, -0.2) is 9.97 Å². The molecule has 0 aliphatic rings. The predicted octanol–water partition coefficient (Wildman–Crippen LogP) is 2.18. The maximum absolute atomic E-state index is 5.62. The van der Waals surface area contributed by atoms with Crippen LogP contribution in [0.2, 0.25) is 5.15 Å². The van der Waals surface area contributed by atoms with Gasteiger partial charge in [0.15, 0.2) is 0 Å². The molecule has 0 fully saturated rings. The van der Waals surface area contributed by atoms with Gasteiger partial charge < -0.3 is 0 Å². The first-order chi connectivity index (χ1) is 4.72. The van der Waals surface area contributed by atoms with E-state index < -0.39 is 0 Å². The first-order valence-corrected chi connectivity index (χ1v) is 3.69. The summed E-state index contributed by atoms with van der Waals surface area (Å²) in [7, 11) is 0. The van der Waals surface area contributed by atoms with Crippen LogP contribution in [0.4, 0.5) is 0 Å². The molecule has 0 unspecified atom stereocenters. The van der Waals surface area contributed by atoms with Gasteiger partial charge in [0.05, 0.1) is 11.6 Å². The molecule has 0 aliphatic carbocycles. The Hall–Kier alpha value is -0.340. The summed E-state index contributed by atoms with van der Waals surface area (Å²) >= 11 is 11.1. The molecule has 4 heteroatoms. The van der Waals surface area contributed by atoms with Crippen LogP contribution in [-0.2, 0) is 5.88 Å². The first-order valence-electron chi connectivity index (χ1n) is 2.78. The number of halogens is 2. The Morgan fingerprint density at radius 1 is 1.50 bits per heavy atom. The Morgan fingerprint density at radius 2 is 2.20 bits per heavy atom. The molecule has 0 saturated heterocycles. The zero-order valence-corrected chi connectivity index (χ0v) is 6.95. The summed E-state index contributed by atoms with van der Waals surface area (Å²) in [6, 6.07) is 1.65. The highest BCUT2D eigenvalue weighted by atomic mass is 35.5. The molecule has 0 saturated carbocycles. The van der Waals surface area contributed by atoms with E-state index in [4.69, 9.17) is 23.2 Å². The second kappa shape index (κ2) is 3.17. The first kappa shape index (κ1) is 7.76. The van der Waals surface area contributed by atoms with Gasteiger partial charge in [0.1, 0.15) is 11.0 Å². The molecule has 0 atom stereocenters. The van der Waals surface area contributed by atoms with Crippen molar-refractivity contribution in [3.63, 3.8) is 0 Å². The van der Waals surface area contributed by atoms with E-state index in [1.807, 2.05) is 0 Å². The predicted molar refractivity (Wildman–Crippen MR) is 41.3 cm³/mol. The molecular weight excluding hydrogens is 171 g/mol. The lowest BCUT2D eigenvalue weighted by atomic mass is 10.4. The van der Waals surface area contributed by atoms with Crippen LogP contribution >= 0.6 is 23.2 Å². The number of aryl methyl sites for hydroxylation is 1. The van der Waals surface area contributed by atoms with Crippen molar-refractivity contribution in [2.75, 3.05) is 0 Å². The van der Waals surface area contributed by atoms with Gasteiger partial charge in [-0.2, -0.15) is 0 Å². The van der Waals surface area contributed by atoms with E-state index in [0.29, 0.717) is 16.9 Å². The fourth-order valence-corrected chi connectivity index (χ4v) is 1.04. The van der Waals surface area contributed by atoms with Crippen molar-refractivity contribution < 1.29 is 0 Å². The number of alkyl halides is 1. The molecule has 0 aromatic carbocycles. The third kappa shape index (κ3) is 1.82. The number of hydrogen-bond donors (Lipinski definition) is 0. The summed E-state index contributed by atoms with van der Waals surface area (Å²) in [5.41, 5.74) is 0.763. The minimum absolute atomic E-state index is 0.378. The molecule has 0 N–H and O–H groups in total. The highest BCUT2D eigenvalue weighted by molar-refractivity contribution is 6.29. The fourth-order valence-electron chi connectivity index (χ4n) is 0.658. The normalized spacial score (nSPS) is 9.90. The van der Waals surface area contributed by atoms with Crippen molar-refractivity contribution in [2.45, 2.75) is 12.8 Å². The molecule has 0 aliphatic heterocycles. The van der Waals surface area contributed by atoms with Crippen LogP contribution in [0.15, 0.2) is 6.07 Å². The number of rotatable bonds is 1. The fraction of sp³-hybridized carbons (Fsp3) is 0.333. The molecule has 0 amide bonds.